The van der Waals surface area contributed by atoms with Gasteiger partial charge < -0.3 is 14.6 Å². The molecule has 2 aromatic carbocycles. The van der Waals surface area contributed by atoms with Crippen molar-refractivity contribution in [3.63, 3.8) is 0 Å². The third-order valence-electron chi connectivity index (χ3n) is 3.42. The second-order valence-electron chi connectivity index (χ2n) is 5.17. The molecule has 1 heterocycles. The van der Waals surface area contributed by atoms with E-state index < -0.39 is 35.8 Å². The zero-order valence-corrected chi connectivity index (χ0v) is 12.9. The van der Waals surface area contributed by atoms with Gasteiger partial charge in [0.05, 0.1) is 17.4 Å². The monoisotopic (exact) mass is 345 g/mol. The van der Waals surface area contributed by atoms with E-state index in [1.165, 1.54) is 12.4 Å². The Morgan fingerprint density at radius 2 is 1.80 bits per heavy atom. The van der Waals surface area contributed by atoms with Crippen molar-refractivity contribution in [3.8, 4) is 0 Å². The van der Waals surface area contributed by atoms with Gasteiger partial charge in [-0.1, -0.05) is 18.2 Å². The van der Waals surface area contributed by atoms with Crippen LogP contribution >= 0.6 is 0 Å². The molecule has 25 heavy (non-hydrogen) atoms. The molecule has 3 rings (SSSR count). The van der Waals surface area contributed by atoms with E-state index in [1.807, 2.05) is 17.4 Å². The number of fused-ring (bicyclic) bond motifs is 1. The summed E-state index contributed by atoms with van der Waals surface area (Å²) in [7, 11) is 0. The minimum atomic E-state index is -0.912. The average Bonchev–Trinajstić information content (AvgIpc) is 3.00. The van der Waals surface area contributed by atoms with Crippen LogP contribution in [0, 0.1) is 11.6 Å². The number of carbonyl (C=O) groups excluding carboxylic acids is 2. The Morgan fingerprint density at radius 1 is 1.08 bits per heavy atom. The predicted molar refractivity (Wildman–Crippen MR) is 85.7 cm³/mol. The largest absolute Gasteiger partial charge is 0.454 e. The zero-order chi connectivity index (χ0) is 17.8. The first-order valence-corrected chi connectivity index (χ1v) is 7.34. The number of imidazole rings is 1. The van der Waals surface area contributed by atoms with E-state index in [-0.39, 0.29) is 6.54 Å². The highest BCUT2D eigenvalue weighted by Crippen LogP contribution is 2.17. The number of benzene rings is 2. The fourth-order valence-electron chi connectivity index (χ4n) is 2.26. The van der Waals surface area contributed by atoms with Crippen LogP contribution in [-0.2, 0) is 20.9 Å². The number of rotatable bonds is 5. The highest BCUT2D eigenvalue weighted by molar-refractivity contribution is 5.93. The highest BCUT2D eigenvalue weighted by Gasteiger charge is 2.14. The van der Waals surface area contributed by atoms with Gasteiger partial charge in [-0.15, -0.1) is 0 Å². The van der Waals surface area contributed by atoms with Crippen LogP contribution < -0.4 is 5.32 Å². The van der Waals surface area contributed by atoms with E-state index in [0.29, 0.717) is 0 Å². The van der Waals surface area contributed by atoms with Crippen molar-refractivity contribution < 1.29 is 23.1 Å². The van der Waals surface area contributed by atoms with E-state index in [2.05, 4.69) is 4.98 Å². The van der Waals surface area contributed by atoms with Crippen LogP contribution in [0.25, 0.3) is 11.0 Å². The van der Waals surface area contributed by atoms with Crippen LogP contribution in [0.4, 0.5) is 14.5 Å². The topological polar surface area (TPSA) is 73.2 Å². The summed E-state index contributed by atoms with van der Waals surface area (Å²) in [6, 6.07) is 10.4. The lowest BCUT2D eigenvalue weighted by molar-refractivity contribution is -0.147. The Morgan fingerprint density at radius 3 is 2.56 bits per heavy atom. The second kappa shape index (κ2) is 7.08. The molecule has 0 radical (unpaired) electrons. The fraction of sp³-hybridized carbons (Fsp3) is 0.118. The summed E-state index contributed by atoms with van der Waals surface area (Å²) in [5.74, 6) is -3.34. The molecule has 128 valence electrons. The highest BCUT2D eigenvalue weighted by atomic mass is 19.1. The normalized spacial score (nSPS) is 10.6. The van der Waals surface area contributed by atoms with Gasteiger partial charge >= 0.3 is 5.97 Å². The van der Waals surface area contributed by atoms with Crippen molar-refractivity contribution in [2.24, 2.45) is 0 Å². The molecule has 1 amide bonds. The molecule has 0 spiro atoms. The first-order chi connectivity index (χ1) is 12.0. The molecule has 0 bridgehead atoms. The fourth-order valence-corrected chi connectivity index (χ4v) is 2.26. The first-order valence-electron chi connectivity index (χ1n) is 7.34. The van der Waals surface area contributed by atoms with Crippen molar-refractivity contribution in [2.75, 3.05) is 11.9 Å². The number of nitrogens with one attached hydrogen (secondary N) is 1. The molecule has 0 atom stereocenters. The zero-order valence-electron chi connectivity index (χ0n) is 12.9. The molecule has 0 fully saturated rings. The third-order valence-corrected chi connectivity index (χ3v) is 3.42. The molecular formula is C17H13F2N3O3. The molecule has 6 nitrogen and oxygen atoms in total. The summed E-state index contributed by atoms with van der Waals surface area (Å²) in [5.41, 5.74) is 0.893. The van der Waals surface area contributed by atoms with E-state index >= 15 is 0 Å². The summed E-state index contributed by atoms with van der Waals surface area (Å²) in [6.07, 6.45) is 1.49. The van der Waals surface area contributed by atoms with Gasteiger partial charge in [-0.05, 0) is 24.3 Å². The first kappa shape index (κ1) is 16.6. The van der Waals surface area contributed by atoms with Gasteiger partial charge in [0.2, 0.25) is 0 Å². The van der Waals surface area contributed by atoms with E-state index in [1.54, 1.807) is 16.7 Å². The molecule has 0 unspecified atom stereocenters. The lowest BCUT2D eigenvalue weighted by Crippen LogP contribution is -2.23. The lowest BCUT2D eigenvalue weighted by atomic mass is 10.3. The quantitative estimate of drug-likeness (QED) is 0.721. The Labute approximate surface area is 141 Å². The maximum atomic E-state index is 13.4. The number of hydrogen-bond acceptors (Lipinski definition) is 4. The van der Waals surface area contributed by atoms with E-state index in [0.717, 1.165) is 23.2 Å². The van der Waals surface area contributed by atoms with Gasteiger partial charge in [-0.25, -0.2) is 13.8 Å². The maximum absolute atomic E-state index is 13.4. The third kappa shape index (κ3) is 3.79. The molecule has 0 aliphatic carbocycles. The summed E-state index contributed by atoms with van der Waals surface area (Å²) in [4.78, 5) is 27.7. The standard InChI is InChI=1S/C17H13F2N3O3/c18-11-4-3-5-12(19)17(11)21-15(23)9-25-16(24)8-22-10-20-13-6-1-2-7-14(13)22/h1-7,10H,8-9H2,(H,21,23). The smallest absolute Gasteiger partial charge is 0.326 e. The Balaban J connectivity index is 1.56. The molecule has 0 aliphatic rings. The number of anilines is 1. The minimum absolute atomic E-state index is 0.137. The second-order valence-corrected chi connectivity index (χ2v) is 5.17. The predicted octanol–water partition coefficient (Wildman–Crippen LogP) is 2.50. The van der Waals surface area contributed by atoms with Gasteiger partial charge in [0, 0.05) is 0 Å². The number of amides is 1. The summed E-state index contributed by atoms with van der Waals surface area (Å²) in [6.45, 7) is -0.791. The molecule has 0 saturated carbocycles. The number of ether oxygens (including phenoxy) is 1. The van der Waals surface area contributed by atoms with Crippen molar-refractivity contribution in [3.05, 3.63) is 60.4 Å². The maximum Gasteiger partial charge on any atom is 0.326 e. The number of esters is 1. The van der Waals surface area contributed by atoms with Gasteiger partial charge in [0.15, 0.2) is 6.61 Å². The number of halogens is 2. The van der Waals surface area contributed by atoms with Crippen molar-refractivity contribution in [2.45, 2.75) is 6.54 Å². The minimum Gasteiger partial charge on any atom is -0.454 e. The van der Waals surface area contributed by atoms with Crippen LogP contribution in [-0.4, -0.2) is 28.0 Å². The van der Waals surface area contributed by atoms with Gasteiger partial charge in [0.25, 0.3) is 5.91 Å². The molecule has 0 aliphatic heterocycles. The van der Waals surface area contributed by atoms with Crippen molar-refractivity contribution in [1.29, 1.82) is 0 Å². The Hall–Kier alpha value is -3.29. The summed E-state index contributed by atoms with van der Waals surface area (Å²) < 4.78 is 33.3. The molecule has 1 aromatic heterocycles. The molecular weight excluding hydrogens is 332 g/mol. The van der Waals surface area contributed by atoms with E-state index in [9.17, 15) is 18.4 Å². The van der Waals surface area contributed by atoms with Crippen molar-refractivity contribution >= 4 is 28.6 Å². The molecule has 0 saturated heterocycles. The van der Waals surface area contributed by atoms with E-state index in [4.69, 9.17) is 4.74 Å². The Bertz CT molecular complexity index is 920. The average molecular weight is 345 g/mol. The number of hydrogen-bond donors (Lipinski definition) is 1. The number of para-hydroxylation sites is 3. The van der Waals surface area contributed by atoms with Gasteiger partial charge in [-0.3, -0.25) is 9.59 Å². The number of aromatic nitrogens is 2. The molecule has 3 aromatic rings. The van der Waals surface area contributed by atoms with Gasteiger partial charge in [-0.2, -0.15) is 0 Å². The van der Waals surface area contributed by atoms with Crippen LogP contribution in [0.3, 0.4) is 0 Å². The number of nitrogens with zero attached hydrogens (tertiary/aromatic N) is 2. The van der Waals surface area contributed by atoms with Crippen LogP contribution in [0.5, 0.6) is 0 Å². The van der Waals surface area contributed by atoms with Crippen LogP contribution in [0.15, 0.2) is 48.8 Å². The molecule has 1 N–H and O–H groups in total. The lowest BCUT2D eigenvalue weighted by Gasteiger charge is -2.08. The molecule has 8 heteroatoms. The van der Waals surface area contributed by atoms with Crippen molar-refractivity contribution in [1.82, 2.24) is 9.55 Å². The number of carbonyl (C=O) groups is 2. The van der Waals surface area contributed by atoms with Crippen LogP contribution in [0.2, 0.25) is 0 Å². The SMILES string of the molecule is O=C(COC(=O)Cn1cnc2ccccc21)Nc1c(F)cccc1F. The van der Waals surface area contributed by atoms with Gasteiger partial charge in [0.1, 0.15) is 23.9 Å². The van der Waals surface area contributed by atoms with Crippen LogP contribution in [0.1, 0.15) is 0 Å². The Kier molecular flexibility index (Phi) is 4.69. The summed E-state index contributed by atoms with van der Waals surface area (Å²) in [5, 5.41) is 2.04. The summed E-state index contributed by atoms with van der Waals surface area (Å²) >= 11 is 0.